The molecule has 2 aromatic rings. The van der Waals surface area contributed by atoms with Crippen molar-refractivity contribution in [3.05, 3.63) is 51.8 Å². The molecule has 2 aliphatic rings. The van der Waals surface area contributed by atoms with Gasteiger partial charge in [-0.25, -0.2) is 0 Å². The molecule has 0 bridgehead atoms. The van der Waals surface area contributed by atoms with E-state index in [-0.39, 0.29) is 11.7 Å². The SMILES string of the molecule is CCn1ncc(Br)c1C(=O)C1C2CCc3ccccc3C21. The van der Waals surface area contributed by atoms with E-state index < -0.39 is 0 Å². The fourth-order valence-electron chi connectivity index (χ4n) is 3.93. The average Bonchev–Trinajstić information content (AvgIpc) is 3.14. The molecule has 21 heavy (non-hydrogen) atoms. The van der Waals surface area contributed by atoms with Crippen LogP contribution in [0.3, 0.4) is 0 Å². The molecule has 0 aliphatic heterocycles. The van der Waals surface area contributed by atoms with Gasteiger partial charge in [0.1, 0.15) is 5.69 Å². The standard InChI is InChI=1S/C17H17BrN2O/c1-2-20-16(13(18)9-19-20)17(21)15-12-8-7-10-5-3-4-6-11(10)14(12)15/h3-6,9,12,14-15H,2,7-8H2,1H3. The highest BCUT2D eigenvalue weighted by Crippen LogP contribution is 2.61. The van der Waals surface area contributed by atoms with Crippen LogP contribution in [-0.4, -0.2) is 15.6 Å². The molecule has 0 saturated heterocycles. The molecule has 0 spiro atoms. The van der Waals surface area contributed by atoms with Gasteiger partial charge in [-0.05, 0) is 58.7 Å². The summed E-state index contributed by atoms with van der Waals surface area (Å²) in [6.45, 7) is 2.75. The summed E-state index contributed by atoms with van der Waals surface area (Å²) >= 11 is 3.48. The maximum absolute atomic E-state index is 13.0. The number of halogens is 1. The number of fused-ring (bicyclic) bond motifs is 3. The number of ketones is 1. The maximum atomic E-state index is 13.0. The van der Waals surface area contributed by atoms with Crippen molar-refractivity contribution in [2.24, 2.45) is 11.8 Å². The van der Waals surface area contributed by atoms with E-state index in [1.54, 1.807) is 6.20 Å². The predicted molar refractivity (Wildman–Crippen MR) is 84.4 cm³/mol. The number of carbonyl (C=O) groups is 1. The summed E-state index contributed by atoms with van der Waals surface area (Å²) in [4.78, 5) is 13.0. The first-order valence-corrected chi connectivity index (χ1v) is 8.35. The molecule has 0 radical (unpaired) electrons. The molecule has 0 N–H and O–H groups in total. The van der Waals surface area contributed by atoms with E-state index in [4.69, 9.17) is 0 Å². The van der Waals surface area contributed by atoms with Gasteiger partial charge in [0.2, 0.25) is 0 Å². The van der Waals surface area contributed by atoms with Crippen LogP contribution < -0.4 is 0 Å². The van der Waals surface area contributed by atoms with Crippen LogP contribution in [0.1, 0.15) is 40.9 Å². The Balaban J connectivity index is 1.68. The fourth-order valence-corrected chi connectivity index (χ4v) is 4.42. The molecule has 4 rings (SSSR count). The number of Topliss-reactive ketones (excluding diaryl/α,β-unsaturated/α-hetero) is 1. The minimum atomic E-state index is 0.145. The molecule has 2 aliphatic carbocycles. The van der Waals surface area contributed by atoms with Crippen LogP contribution in [0.2, 0.25) is 0 Å². The monoisotopic (exact) mass is 344 g/mol. The number of aromatic nitrogens is 2. The first-order valence-electron chi connectivity index (χ1n) is 7.55. The summed E-state index contributed by atoms with van der Waals surface area (Å²) in [5.74, 6) is 1.36. The Morgan fingerprint density at radius 1 is 1.43 bits per heavy atom. The molecule has 1 aromatic heterocycles. The second kappa shape index (κ2) is 4.80. The van der Waals surface area contributed by atoms with Crippen molar-refractivity contribution in [3.8, 4) is 0 Å². The van der Waals surface area contributed by atoms with Gasteiger partial charge in [-0.3, -0.25) is 9.48 Å². The summed E-state index contributed by atoms with van der Waals surface area (Å²) in [6.07, 6.45) is 3.97. The fraction of sp³-hybridized carbons (Fsp3) is 0.412. The van der Waals surface area contributed by atoms with Crippen LogP contribution >= 0.6 is 15.9 Å². The quantitative estimate of drug-likeness (QED) is 0.793. The van der Waals surface area contributed by atoms with Gasteiger partial charge in [-0.2, -0.15) is 5.10 Å². The second-order valence-corrected chi connectivity index (χ2v) is 6.83. The maximum Gasteiger partial charge on any atom is 0.186 e. The van der Waals surface area contributed by atoms with Crippen LogP contribution in [0.15, 0.2) is 34.9 Å². The normalized spacial score (nSPS) is 26.1. The third-order valence-corrected chi connectivity index (χ3v) is 5.54. The minimum absolute atomic E-state index is 0.145. The second-order valence-electron chi connectivity index (χ2n) is 5.97. The Morgan fingerprint density at radius 3 is 3.05 bits per heavy atom. The number of hydrogen-bond acceptors (Lipinski definition) is 2. The summed E-state index contributed by atoms with van der Waals surface area (Å²) in [5, 5.41) is 4.28. The van der Waals surface area contributed by atoms with Gasteiger partial charge < -0.3 is 0 Å². The molecule has 1 saturated carbocycles. The van der Waals surface area contributed by atoms with Crippen molar-refractivity contribution in [1.29, 1.82) is 0 Å². The van der Waals surface area contributed by atoms with Crippen molar-refractivity contribution >= 4 is 21.7 Å². The van der Waals surface area contributed by atoms with Crippen molar-refractivity contribution in [2.75, 3.05) is 0 Å². The van der Waals surface area contributed by atoms with E-state index in [1.807, 2.05) is 11.6 Å². The molecule has 3 nitrogen and oxygen atoms in total. The van der Waals surface area contributed by atoms with Gasteiger partial charge >= 0.3 is 0 Å². The largest absolute Gasteiger partial charge is 0.292 e. The lowest BCUT2D eigenvalue weighted by Gasteiger charge is -2.13. The number of aryl methyl sites for hydroxylation is 2. The smallest absolute Gasteiger partial charge is 0.186 e. The molecule has 0 amide bonds. The molecule has 108 valence electrons. The number of carbonyl (C=O) groups excluding carboxylic acids is 1. The van der Waals surface area contributed by atoms with E-state index in [0.29, 0.717) is 11.8 Å². The van der Waals surface area contributed by atoms with Crippen LogP contribution in [0.5, 0.6) is 0 Å². The van der Waals surface area contributed by atoms with Crippen molar-refractivity contribution in [1.82, 2.24) is 9.78 Å². The van der Waals surface area contributed by atoms with Crippen LogP contribution in [0.25, 0.3) is 0 Å². The van der Waals surface area contributed by atoms with Gasteiger partial charge in [0.15, 0.2) is 5.78 Å². The van der Waals surface area contributed by atoms with Gasteiger partial charge in [-0.15, -0.1) is 0 Å². The number of benzene rings is 1. The Bertz CT molecular complexity index is 721. The predicted octanol–water partition coefficient (Wildman–Crippen LogP) is 3.82. The Labute approximate surface area is 132 Å². The lowest BCUT2D eigenvalue weighted by molar-refractivity contribution is 0.0947. The zero-order valence-electron chi connectivity index (χ0n) is 11.9. The molecule has 1 fully saturated rings. The highest BCUT2D eigenvalue weighted by atomic mass is 79.9. The van der Waals surface area contributed by atoms with E-state index in [0.717, 1.165) is 29.6 Å². The van der Waals surface area contributed by atoms with Crippen LogP contribution in [0, 0.1) is 11.8 Å². The molecule has 4 heteroatoms. The minimum Gasteiger partial charge on any atom is -0.292 e. The average molecular weight is 345 g/mol. The molecular weight excluding hydrogens is 328 g/mol. The molecule has 3 atom stereocenters. The van der Waals surface area contributed by atoms with Gasteiger partial charge in [0, 0.05) is 12.5 Å². The van der Waals surface area contributed by atoms with Crippen LogP contribution in [-0.2, 0) is 13.0 Å². The summed E-state index contributed by atoms with van der Waals surface area (Å²) in [5.41, 5.74) is 3.57. The van der Waals surface area contributed by atoms with E-state index in [1.165, 1.54) is 11.1 Å². The van der Waals surface area contributed by atoms with Crippen molar-refractivity contribution in [2.45, 2.75) is 32.2 Å². The number of rotatable bonds is 3. The van der Waals surface area contributed by atoms with Gasteiger partial charge in [-0.1, -0.05) is 24.3 Å². The number of nitrogens with zero attached hydrogens (tertiary/aromatic N) is 2. The zero-order valence-corrected chi connectivity index (χ0v) is 13.5. The first kappa shape index (κ1) is 13.3. The van der Waals surface area contributed by atoms with Gasteiger partial charge in [0.05, 0.1) is 10.7 Å². The summed E-state index contributed by atoms with van der Waals surface area (Å²) in [6, 6.07) is 8.59. The first-order chi connectivity index (χ1) is 10.2. The molecule has 1 heterocycles. The highest BCUT2D eigenvalue weighted by molar-refractivity contribution is 9.10. The molecular formula is C17H17BrN2O. The van der Waals surface area contributed by atoms with E-state index in [9.17, 15) is 4.79 Å². The zero-order chi connectivity index (χ0) is 14.6. The third-order valence-electron chi connectivity index (χ3n) is 4.96. The van der Waals surface area contributed by atoms with Crippen LogP contribution in [0.4, 0.5) is 0 Å². The summed E-state index contributed by atoms with van der Waals surface area (Å²) in [7, 11) is 0. The lowest BCUT2D eigenvalue weighted by Crippen LogP contribution is -2.13. The number of hydrogen-bond donors (Lipinski definition) is 0. The third kappa shape index (κ3) is 1.92. The van der Waals surface area contributed by atoms with Crippen molar-refractivity contribution in [3.63, 3.8) is 0 Å². The molecule has 3 unspecified atom stereocenters. The summed E-state index contributed by atoms with van der Waals surface area (Å²) < 4.78 is 2.63. The lowest BCUT2D eigenvalue weighted by atomic mass is 9.92. The highest BCUT2D eigenvalue weighted by Gasteiger charge is 2.57. The van der Waals surface area contributed by atoms with E-state index in [2.05, 4.69) is 45.3 Å². The Hall–Kier alpha value is -1.42. The van der Waals surface area contributed by atoms with Gasteiger partial charge in [0.25, 0.3) is 0 Å². The van der Waals surface area contributed by atoms with E-state index >= 15 is 0 Å². The Kier molecular flexibility index (Phi) is 3.03. The van der Waals surface area contributed by atoms with Crippen molar-refractivity contribution < 1.29 is 4.79 Å². The molecule has 1 aromatic carbocycles. The Morgan fingerprint density at radius 2 is 2.24 bits per heavy atom. The topological polar surface area (TPSA) is 34.9 Å².